The second-order valence-electron chi connectivity index (χ2n) is 12.4. The van der Waals surface area contributed by atoms with Crippen LogP contribution >= 0.6 is 0 Å². The van der Waals surface area contributed by atoms with Gasteiger partial charge in [-0.2, -0.15) is 0 Å². The number of hydrogen-bond donors (Lipinski definition) is 2. The second kappa shape index (κ2) is 19.8. The van der Waals surface area contributed by atoms with Crippen molar-refractivity contribution in [2.45, 2.75) is 78.4 Å². The van der Waals surface area contributed by atoms with Gasteiger partial charge in [-0.1, -0.05) is 30.3 Å². The molecular formula is C39H41NO17. The number of carboxylic acids is 1. The van der Waals surface area contributed by atoms with E-state index in [1.54, 1.807) is 0 Å². The molecule has 0 radical (unpaired) electrons. The highest BCUT2D eigenvalue weighted by Gasteiger charge is 2.53. The number of carbonyl (C=O) groups excluding carboxylic acids is 6. The maximum atomic E-state index is 14.3. The number of carbonyl (C=O) groups is 7. The summed E-state index contributed by atoms with van der Waals surface area (Å²) < 4.78 is 50.3. The van der Waals surface area contributed by atoms with Crippen molar-refractivity contribution in [3.05, 3.63) is 77.4 Å². The number of esters is 5. The van der Waals surface area contributed by atoms with Crippen molar-refractivity contribution in [2.75, 3.05) is 19.0 Å². The van der Waals surface area contributed by atoms with Crippen LogP contribution in [0.3, 0.4) is 0 Å². The van der Waals surface area contributed by atoms with Gasteiger partial charge in [0.1, 0.15) is 30.8 Å². The predicted octanol–water partition coefficient (Wildman–Crippen LogP) is 3.54. The van der Waals surface area contributed by atoms with Gasteiger partial charge < -0.3 is 53.1 Å². The predicted molar refractivity (Wildman–Crippen MR) is 193 cm³/mol. The van der Waals surface area contributed by atoms with E-state index in [9.17, 15) is 38.7 Å². The van der Waals surface area contributed by atoms with Crippen LogP contribution in [0.1, 0.15) is 56.1 Å². The number of methoxy groups -OCH3 is 1. The monoisotopic (exact) mass is 795 g/mol. The highest BCUT2D eigenvalue weighted by molar-refractivity contribution is 6.07. The van der Waals surface area contributed by atoms with Crippen LogP contribution in [0.5, 0.6) is 23.0 Å². The van der Waals surface area contributed by atoms with Crippen LogP contribution in [-0.4, -0.2) is 91.3 Å². The lowest BCUT2D eigenvalue weighted by atomic mass is 9.98. The van der Waals surface area contributed by atoms with Crippen LogP contribution in [0.2, 0.25) is 0 Å². The van der Waals surface area contributed by atoms with Crippen LogP contribution < -0.4 is 24.3 Å². The van der Waals surface area contributed by atoms with Gasteiger partial charge in [-0.15, -0.1) is 0 Å². The van der Waals surface area contributed by atoms with E-state index in [-0.39, 0.29) is 46.4 Å². The van der Waals surface area contributed by atoms with E-state index in [2.05, 4.69) is 5.32 Å². The Morgan fingerprint density at radius 3 is 1.96 bits per heavy atom. The van der Waals surface area contributed by atoms with E-state index in [4.69, 9.17) is 42.6 Å². The number of amides is 1. The van der Waals surface area contributed by atoms with Crippen molar-refractivity contribution in [3.63, 3.8) is 0 Å². The number of aliphatic carboxylic acids is 1. The standard InChI is InChI=1S/C39H41NO17/c1-20(41)50-19-33-35(53-22(3)43)36(54-23(4)44)37(55-24(5)45)39(57-33)56-30-13-12-27(51-18-25-10-8-7-9-11-25)16-28(30)38(48)40-29-17-31(49-6)32(52-21(2)42)14-26(29)15-34(46)47/h7-14,16-17,33,35-37,39H,15,18-19H2,1-6H3,(H,40,48)(H,46,47)/t33-,35-,36+,37-,39-/m1/s1. The molecule has 3 aromatic carbocycles. The molecule has 1 saturated heterocycles. The van der Waals surface area contributed by atoms with Crippen LogP contribution in [-0.2, 0) is 65.5 Å². The average Bonchev–Trinajstić information content (AvgIpc) is 3.13. The van der Waals surface area contributed by atoms with Gasteiger partial charge in [-0.3, -0.25) is 33.6 Å². The summed E-state index contributed by atoms with van der Waals surface area (Å²) >= 11 is 0. The van der Waals surface area contributed by atoms with E-state index in [1.807, 2.05) is 30.3 Å². The van der Waals surface area contributed by atoms with Crippen LogP contribution in [0.4, 0.5) is 5.69 Å². The fraction of sp³-hybridized carbons (Fsp3) is 0.359. The van der Waals surface area contributed by atoms with Crippen molar-refractivity contribution in [1.29, 1.82) is 0 Å². The summed E-state index contributed by atoms with van der Waals surface area (Å²) in [5.41, 5.74) is 0.577. The minimum Gasteiger partial charge on any atom is -0.493 e. The third-order valence-corrected chi connectivity index (χ3v) is 7.87. The minimum atomic E-state index is -1.71. The summed E-state index contributed by atoms with van der Waals surface area (Å²) in [6.07, 6.45) is -8.34. The highest BCUT2D eigenvalue weighted by atomic mass is 16.7. The summed E-state index contributed by atoms with van der Waals surface area (Å²) in [6, 6.07) is 15.7. The molecule has 5 atom stereocenters. The van der Waals surface area contributed by atoms with Crippen molar-refractivity contribution < 1.29 is 81.3 Å². The smallest absolute Gasteiger partial charge is 0.308 e. The van der Waals surface area contributed by atoms with Crippen molar-refractivity contribution in [2.24, 2.45) is 0 Å². The third-order valence-electron chi connectivity index (χ3n) is 7.87. The van der Waals surface area contributed by atoms with Crippen molar-refractivity contribution in [1.82, 2.24) is 0 Å². The lowest BCUT2D eigenvalue weighted by molar-refractivity contribution is -0.288. The summed E-state index contributed by atoms with van der Waals surface area (Å²) in [5.74, 6) is -6.30. The Morgan fingerprint density at radius 1 is 0.719 bits per heavy atom. The zero-order valence-corrected chi connectivity index (χ0v) is 31.8. The molecule has 1 amide bonds. The molecule has 0 aromatic heterocycles. The Balaban J connectivity index is 1.82. The zero-order chi connectivity index (χ0) is 41.8. The molecule has 0 bridgehead atoms. The molecular weight excluding hydrogens is 754 g/mol. The summed E-state index contributed by atoms with van der Waals surface area (Å²) in [7, 11) is 1.28. The lowest BCUT2D eigenvalue weighted by Crippen LogP contribution is -2.63. The van der Waals surface area contributed by atoms with Gasteiger partial charge in [0, 0.05) is 46.4 Å². The number of hydrogen-bond acceptors (Lipinski definition) is 16. The first-order valence-corrected chi connectivity index (χ1v) is 17.2. The third kappa shape index (κ3) is 12.4. The molecule has 0 unspecified atom stereocenters. The van der Waals surface area contributed by atoms with Crippen molar-refractivity contribution in [3.8, 4) is 23.0 Å². The van der Waals surface area contributed by atoms with Gasteiger partial charge in [0.15, 0.2) is 23.7 Å². The van der Waals surface area contributed by atoms with E-state index >= 15 is 0 Å². The largest absolute Gasteiger partial charge is 0.493 e. The Morgan fingerprint density at radius 2 is 1.37 bits per heavy atom. The molecule has 0 aliphatic carbocycles. The number of anilines is 1. The summed E-state index contributed by atoms with van der Waals surface area (Å²) in [6.45, 7) is 5.02. The first-order chi connectivity index (χ1) is 27.0. The highest BCUT2D eigenvalue weighted by Crippen LogP contribution is 2.37. The zero-order valence-electron chi connectivity index (χ0n) is 31.8. The molecule has 57 heavy (non-hydrogen) atoms. The van der Waals surface area contributed by atoms with Gasteiger partial charge in [0.05, 0.1) is 19.1 Å². The number of ether oxygens (including phenoxy) is 9. The van der Waals surface area contributed by atoms with Gasteiger partial charge in [-0.25, -0.2) is 0 Å². The molecule has 18 heteroatoms. The fourth-order valence-electron chi connectivity index (χ4n) is 5.64. The second-order valence-corrected chi connectivity index (χ2v) is 12.4. The van der Waals surface area contributed by atoms with Crippen LogP contribution in [0.15, 0.2) is 60.7 Å². The van der Waals surface area contributed by atoms with Gasteiger partial charge in [-0.05, 0) is 35.4 Å². The van der Waals surface area contributed by atoms with Crippen LogP contribution in [0.25, 0.3) is 0 Å². The number of rotatable bonds is 16. The number of carboxylic acid groups (broad SMARTS) is 1. The summed E-state index contributed by atoms with van der Waals surface area (Å²) in [4.78, 5) is 86.6. The van der Waals surface area contributed by atoms with E-state index in [0.717, 1.165) is 40.2 Å². The molecule has 1 heterocycles. The average molecular weight is 796 g/mol. The van der Waals surface area contributed by atoms with Gasteiger partial charge in [0.2, 0.25) is 12.4 Å². The normalized spacial score (nSPS) is 18.5. The first-order valence-electron chi connectivity index (χ1n) is 17.2. The molecule has 18 nitrogen and oxygen atoms in total. The maximum absolute atomic E-state index is 14.3. The number of benzene rings is 3. The number of nitrogens with one attached hydrogen (secondary N) is 1. The molecule has 0 spiro atoms. The molecule has 2 N–H and O–H groups in total. The van der Waals surface area contributed by atoms with E-state index in [0.29, 0.717) is 0 Å². The molecule has 3 aromatic rings. The molecule has 4 rings (SSSR count). The van der Waals surface area contributed by atoms with Crippen LogP contribution in [0, 0.1) is 0 Å². The molecule has 1 aliphatic rings. The Labute approximate surface area is 326 Å². The van der Waals surface area contributed by atoms with Gasteiger partial charge in [0.25, 0.3) is 5.91 Å². The Hall–Kier alpha value is -6.69. The molecule has 1 fully saturated rings. The van der Waals surface area contributed by atoms with Gasteiger partial charge >= 0.3 is 35.8 Å². The first kappa shape index (κ1) is 43.0. The van der Waals surface area contributed by atoms with E-state index < -0.39 is 85.5 Å². The van der Waals surface area contributed by atoms with E-state index in [1.165, 1.54) is 37.4 Å². The Bertz CT molecular complexity index is 1980. The lowest BCUT2D eigenvalue weighted by Gasteiger charge is -2.44. The Kier molecular flexibility index (Phi) is 14.9. The SMILES string of the molecule is COc1cc(NC(=O)c2cc(OCc3ccccc3)ccc2O[C@@H]2O[C@H](COC(C)=O)[C@@H](OC(C)=O)[C@H](OC(C)=O)[C@H]2OC(C)=O)c(CC(=O)O)cc1OC(C)=O. The summed E-state index contributed by atoms with van der Waals surface area (Å²) in [5, 5.41) is 12.3. The molecule has 0 saturated carbocycles. The maximum Gasteiger partial charge on any atom is 0.308 e. The minimum absolute atomic E-state index is 0.0106. The molecule has 304 valence electrons. The van der Waals surface area contributed by atoms with Crippen molar-refractivity contribution >= 4 is 47.4 Å². The quantitative estimate of drug-likeness (QED) is 0.120. The topological polar surface area (TPSA) is 235 Å². The molecule has 1 aliphatic heterocycles. The fourth-order valence-corrected chi connectivity index (χ4v) is 5.64.